The standard InChI is InChI=1S/C21H13Cl2FN4O3/c22-13-6-12(7-14(23)19(13)29)20(30)27-17-3-1-2-16-18(17)21(31)28(10-26-16)9-11-4-5-25-8-15(11)24/h1-8,10,29H,9H2,(H,27,30). The van der Waals surface area contributed by atoms with Gasteiger partial charge in [0.15, 0.2) is 5.75 Å². The van der Waals surface area contributed by atoms with Gasteiger partial charge in [-0.1, -0.05) is 29.3 Å². The molecule has 2 aromatic carbocycles. The Bertz CT molecular complexity index is 1370. The average Bonchev–Trinajstić information content (AvgIpc) is 2.75. The topological polar surface area (TPSA) is 97.1 Å². The second-order valence-electron chi connectivity index (χ2n) is 6.59. The molecule has 0 radical (unpaired) electrons. The minimum Gasteiger partial charge on any atom is -0.505 e. The molecular weight excluding hydrogens is 446 g/mol. The van der Waals surface area contributed by atoms with Crippen LogP contribution in [0.15, 0.2) is 59.9 Å². The lowest BCUT2D eigenvalue weighted by atomic mass is 10.1. The minimum atomic E-state index is -0.591. The molecule has 2 heterocycles. The van der Waals surface area contributed by atoms with Gasteiger partial charge in [0.1, 0.15) is 5.82 Å². The number of phenols is 1. The largest absolute Gasteiger partial charge is 0.505 e. The Morgan fingerprint density at radius 2 is 1.94 bits per heavy atom. The molecule has 0 saturated heterocycles. The predicted molar refractivity (Wildman–Crippen MR) is 115 cm³/mol. The van der Waals surface area contributed by atoms with Crippen LogP contribution in [0.25, 0.3) is 10.9 Å². The summed E-state index contributed by atoms with van der Waals surface area (Å²) in [5, 5.41) is 12.3. The van der Waals surface area contributed by atoms with E-state index in [1.807, 2.05) is 0 Å². The number of benzene rings is 2. The van der Waals surface area contributed by atoms with Crippen molar-refractivity contribution in [3.8, 4) is 5.75 Å². The Labute approximate surface area is 184 Å². The third-order valence-corrected chi connectivity index (χ3v) is 5.15. The summed E-state index contributed by atoms with van der Waals surface area (Å²) in [5.74, 6) is -1.47. The molecule has 0 spiro atoms. The molecule has 4 aromatic rings. The van der Waals surface area contributed by atoms with Crippen molar-refractivity contribution in [3.63, 3.8) is 0 Å². The van der Waals surface area contributed by atoms with Crippen LogP contribution >= 0.6 is 23.2 Å². The lowest BCUT2D eigenvalue weighted by Gasteiger charge is -2.12. The third-order valence-electron chi connectivity index (χ3n) is 4.58. The van der Waals surface area contributed by atoms with Gasteiger partial charge in [-0.15, -0.1) is 0 Å². The van der Waals surface area contributed by atoms with Gasteiger partial charge in [-0.25, -0.2) is 9.37 Å². The van der Waals surface area contributed by atoms with Gasteiger partial charge in [-0.05, 0) is 30.3 Å². The second kappa shape index (κ2) is 8.33. The molecule has 0 atom stereocenters. The van der Waals surface area contributed by atoms with Crippen LogP contribution in [0.1, 0.15) is 15.9 Å². The van der Waals surface area contributed by atoms with Crippen LogP contribution in [0, 0.1) is 5.82 Å². The number of nitrogens with one attached hydrogen (secondary N) is 1. The van der Waals surface area contributed by atoms with E-state index in [1.165, 1.54) is 35.3 Å². The summed E-state index contributed by atoms with van der Waals surface area (Å²) in [4.78, 5) is 33.7. The van der Waals surface area contributed by atoms with Crippen molar-refractivity contribution >= 4 is 45.7 Å². The number of rotatable bonds is 4. The van der Waals surface area contributed by atoms with Crippen molar-refractivity contribution in [3.05, 3.63) is 92.5 Å². The highest BCUT2D eigenvalue weighted by Crippen LogP contribution is 2.33. The van der Waals surface area contributed by atoms with Gasteiger partial charge in [0.2, 0.25) is 0 Å². The Morgan fingerprint density at radius 3 is 2.65 bits per heavy atom. The number of carbonyl (C=O) groups is 1. The molecule has 0 fully saturated rings. The van der Waals surface area contributed by atoms with E-state index in [0.29, 0.717) is 5.52 Å². The van der Waals surface area contributed by atoms with Crippen LogP contribution in [0.2, 0.25) is 10.0 Å². The molecule has 1 amide bonds. The first-order chi connectivity index (χ1) is 14.8. The first kappa shape index (κ1) is 20.8. The molecule has 10 heteroatoms. The summed E-state index contributed by atoms with van der Waals surface area (Å²) < 4.78 is 15.2. The molecule has 4 rings (SSSR count). The van der Waals surface area contributed by atoms with Gasteiger partial charge < -0.3 is 10.4 Å². The molecule has 2 N–H and O–H groups in total. The monoisotopic (exact) mass is 458 g/mol. The van der Waals surface area contributed by atoms with Gasteiger partial charge in [0.25, 0.3) is 11.5 Å². The Kier molecular flexibility index (Phi) is 5.58. The van der Waals surface area contributed by atoms with E-state index in [0.717, 1.165) is 6.20 Å². The van der Waals surface area contributed by atoms with Crippen molar-refractivity contribution in [1.82, 2.24) is 14.5 Å². The molecule has 7 nitrogen and oxygen atoms in total. The van der Waals surface area contributed by atoms with Gasteiger partial charge in [-0.2, -0.15) is 0 Å². The van der Waals surface area contributed by atoms with Crippen LogP contribution in [-0.4, -0.2) is 25.5 Å². The van der Waals surface area contributed by atoms with Crippen LogP contribution < -0.4 is 10.9 Å². The number of phenolic OH excluding ortho intramolecular Hbond substituents is 1. The highest BCUT2D eigenvalue weighted by atomic mass is 35.5. The van der Waals surface area contributed by atoms with Crippen molar-refractivity contribution in [2.75, 3.05) is 5.32 Å². The quantitative estimate of drug-likeness (QED) is 0.476. The summed E-state index contributed by atoms with van der Waals surface area (Å²) in [5.41, 5.74) is 0.473. The summed E-state index contributed by atoms with van der Waals surface area (Å²) in [7, 11) is 0. The summed E-state index contributed by atoms with van der Waals surface area (Å²) in [6, 6.07) is 8.78. The number of hydrogen-bond donors (Lipinski definition) is 2. The Morgan fingerprint density at radius 1 is 1.19 bits per heavy atom. The number of nitrogens with zero attached hydrogens (tertiary/aromatic N) is 3. The number of hydrogen-bond acceptors (Lipinski definition) is 5. The van der Waals surface area contributed by atoms with Gasteiger partial charge >= 0.3 is 0 Å². The van der Waals surface area contributed by atoms with E-state index in [2.05, 4.69) is 15.3 Å². The fraction of sp³-hybridized carbons (Fsp3) is 0.0476. The number of halogens is 3. The molecule has 156 valence electrons. The average molecular weight is 459 g/mol. The zero-order valence-electron chi connectivity index (χ0n) is 15.6. The SMILES string of the molecule is O=C(Nc1cccc2ncn(Cc3ccncc3F)c(=O)c12)c1cc(Cl)c(O)c(Cl)c1. The van der Waals surface area contributed by atoms with Gasteiger partial charge in [0, 0.05) is 17.3 Å². The van der Waals surface area contributed by atoms with Crippen LogP contribution in [0.3, 0.4) is 0 Å². The molecule has 0 aliphatic rings. The van der Waals surface area contributed by atoms with E-state index in [4.69, 9.17) is 23.2 Å². The molecule has 0 bridgehead atoms. The van der Waals surface area contributed by atoms with Crippen molar-refractivity contribution in [2.24, 2.45) is 0 Å². The highest BCUT2D eigenvalue weighted by Gasteiger charge is 2.16. The van der Waals surface area contributed by atoms with Crippen LogP contribution in [0.4, 0.5) is 10.1 Å². The van der Waals surface area contributed by atoms with Crippen LogP contribution in [0.5, 0.6) is 5.75 Å². The number of amides is 1. The Hall–Kier alpha value is -3.49. The minimum absolute atomic E-state index is 0.0540. The van der Waals surface area contributed by atoms with E-state index in [-0.39, 0.29) is 44.5 Å². The number of pyridine rings is 1. The maximum atomic E-state index is 14.0. The number of aromatic nitrogens is 3. The number of carbonyl (C=O) groups excluding carboxylic acids is 1. The normalized spacial score (nSPS) is 10.9. The zero-order chi connectivity index (χ0) is 22.1. The summed E-state index contributed by atoms with van der Waals surface area (Å²) in [6.45, 7) is -0.0540. The molecule has 0 unspecified atom stereocenters. The van der Waals surface area contributed by atoms with Crippen molar-refractivity contribution in [1.29, 1.82) is 0 Å². The maximum absolute atomic E-state index is 14.0. The number of fused-ring (bicyclic) bond motifs is 1. The zero-order valence-corrected chi connectivity index (χ0v) is 17.2. The van der Waals surface area contributed by atoms with Gasteiger partial charge in [-0.3, -0.25) is 19.1 Å². The number of anilines is 1. The third kappa shape index (κ3) is 4.08. The van der Waals surface area contributed by atoms with Crippen molar-refractivity contribution < 1.29 is 14.3 Å². The van der Waals surface area contributed by atoms with Crippen molar-refractivity contribution in [2.45, 2.75) is 6.54 Å². The number of aromatic hydroxyl groups is 1. The van der Waals surface area contributed by atoms with E-state index in [1.54, 1.807) is 18.2 Å². The van der Waals surface area contributed by atoms with Crippen LogP contribution in [-0.2, 0) is 6.54 Å². The Balaban J connectivity index is 1.74. The summed E-state index contributed by atoms with van der Waals surface area (Å²) in [6.07, 6.45) is 3.81. The molecule has 2 aromatic heterocycles. The molecule has 0 saturated carbocycles. The first-order valence-corrected chi connectivity index (χ1v) is 9.66. The molecule has 0 aliphatic carbocycles. The fourth-order valence-electron chi connectivity index (χ4n) is 3.02. The fourth-order valence-corrected chi connectivity index (χ4v) is 3.51. The van der Waals surface area contributed by atoms with E-state index < -0.39 is 17.3 Å². The van der Waals surface area contributed by atoms with Gasteiger partial charge in [0.05, 0.1) is 45.7 Å². The molecule has 0 aliphatic heterocycles. The maximum Gasteiger partial charge on any atom is 0.263 e. The lowest BCUT2D eigenvalue weighted by Crippen LogP contribution is -2.23. The molecular formula is C21H13Cl2FN4O3. The van der Waals surface area contributed by atoms with E-state index >= 15 is 0 Å². The predicted octanol–water partition coefficient (Wildman–Crippen LogP) is 4.24. The second-order valence-corrected chi connectivity index (χ2v) is 7.40. The highest BCUT2D eigenvalue weighted by molar-refractivity contribution is 6.37. The lowest BCUT2D eigenvalue weighted by molar-refractivity contribution is 0.102. The summed E-state index contributed by atoms with van der Waals surface area (Å²) >= 11 is 11.8. The van der Waals surface area contributed by atoms with E-state index in [9.17, 15) is 19.1 Å². The first-order valence-electron chi connectivity index (χ1n) is 8.91. The molecule has 31 heavy (non-hydrogen) atoms. The smallest absolute Gasteiger partial charge is 0.263 e.